The Bertz CT molecular complexity index is 2180. The largest absolute Gasteiger partial charge is 0.405 e. The van der Waals surface area contributed by atoms with Gasteiger partial charge in [-0.15, -0.1) is 0 Å². The molecule has 0 radical (unpaired) electrons. The number of carbonyl (C=O) groups is 3. The van der Waals surface area contributed by atoms with E-state index in [0.29, 0.717) is 43.5 Å². The third kappa shape index (κ3) is 10.9. The number of nitrogens with one attached hydrogen (secondary N) is 6. The second-order valence-electron chi connectivity index (χ2n) is 15.2. The van der Waals surface area contributed by atoms with E-state index in [1.807, 2.05) is 9.44 Å². The Labute approximate surface area is 330 Å². The zero-order valence-corrected chi connectivity index (χ0v) is 32.7. The Morgan fingerprint density at radius 1 is 0.741 bits per heavy atom. The van der Waals surface area contributed by atoms with Crippen molar-refractivity contribution in [3.05, 3.63) is 56.6 Å². The standard InChI is InChI=1S/C36H44F6N6O8S2/c37-35(38,39)17-43-28(49)8-3-11-57(53,54)47-33(51)45-31-25-6-1-5-20(25)13-22-14-23(15-27(22)31)24-10-9-21-12-19-4-2-7-26(19)32(30(21)24)46-34(52)48-58(55,56)16-29(50)44-18-36(40,41)42/h12-13,23-24,34,46,48,52H,1-11,14-18H2,(H,43,49)(H,44,50)(H2,45,47,51). The van der Waals surface area contributed by atoms with Crippen molar-refractivity contribution in [3.63, 3.8) is 0 Å². The maximum absolute atomic E-state index is 13.2. The molecule has 0 saturated carbocycles. The average molecular weight is 867 g/mol. The fourth-order valence-corrected chi connectivity index (χ4v) is 10.6. The number of aryl methyl sites for hydroxylation is 3. The number of rotatable bonds is 15. The Kier molecular flexibility index (Phi) is 12.6. The lowest BCUT2D eigenvalue weighted by Gasteiger charge is -2.26. The van der Waals surface area contributed by atoms with E-state index in [2.05, 4.69) is 22.8 Å². The normalized spacial score (nSPS) is 19.2. The van der Waals surface area contributed by atoms with Gasteiger partial charge >= 0.3 is 18.4 Å². The highest BCUT2D eigenvalue weighted by atomic mass is 32.2. The van der Waals surface area contributed by atoms with E-state index in [1.54, 1.807) is 5.32 Å². The van der Waals surface area contributed by atoms with Crippen LogP contribution in [0.3, 0.4) is 0 Å². The summed E-state index contributed by atoms with van der Waals surface area (Å²) in [7, 11) is -8.84. The first-order valence-electron chi connectivity index (χ1n) is 18.8. The van der Waals surface area contributed by atoms with Gasteiger partial charge in [0.2, 0.25) is 31.9 Å². The zero-order valence-electron chi connectivity index (χ0n) is 31.1. The fraction of sp³-hybridized carbons (Fsp3) is 0.583. The summed E-state index contributed by atoms with van der Waals surface area (Å²) in [6.07, 6.45) is -5.10. The van der Waals surface area contributed by atoms with E-state index in [9.17, 15) is 62.7 Å². The van der Waals surface area contributed by atoms with Gasteiger partial charge in [-0.05, 0) is 127 Å². The summed E-state index contributed by atoms with van der Waals surface area (Å²) in [5, 5.41) is 19.7. The molecule has 320 valence electrons. The summed E-state index contributed by atoms with van der Waals surface area (Å²) in [5.41, 5.74) is 8.70. The van der Waals surface area contributed by atoms with Crippen molar-refractivity contribution in [1.82, 2.24) is 20.1 Å². The third-order valence-corrected chi connectivity index (χ3v) is 13.5. The number of hydrogen-bond acceptors (Lipinski definition) is 9. The molecule has 0 aromatic heterocycles. The van der Waals surface area contributed by atoms with Crippen LogP contribution in [0.4, 0.5) is 42.5 Å². The van der Waals surface area contributed by atoms with Gasteiger partial charge in [0.1, 0.15) is 18.8 Å². The number of benzene rings is 2. The molecule has 22 heteroatoms. The van der Waals surface area contributed by atoms with Crippen molar-refractivity contribution in [2.24, 2.45) is 5.92 Å². The molecular formula is C36H44F6N6O8S2. The molecule has 6 rings (SSSR count). The summed E-state index contributed by atoms with van der Waals surface area (Å²) >= 11 is 0. The van der Waals surface area contributed by atoms with Crippen LogP contribution in [0.2, 0.25) is 0 Å². The maximum Gasteiger partial charge on any atom is 0.405 e. The highest BCUT2D eigenvalue weighted by Gasteiger charge is 2.40. The molecule has 0 saturated heterocycles. The van der Waals surface area contributed by atoms with E-state index < -0.39 is 87.6 Å². The molecule has 0 fully saturated rings. The van der Waals surface area contributed by atoms with Crippen molar-refractivity contribution in [1.29, 1.82) is 0 Å². The Morgan fingerprint density at radius 2 is 1.34 bits per heavy atom. The molecule has 3 atom stereocenters. The number of sulfonamides is 2. The monoisotopic (exact) mass is 866 g/mol. The van der Waals surface area contributed by atoms with Gasteiger partial charge < -0.3 is 26.4 Å². The number of fused-ring (bicyclic) bond motifs is 4. The predicted molar refractivity (Wildman–Crippen MR) is 199 cm³/mol. The van der Waals surface area contributed by atoms with Crippen molar-refractivity contribution in [2.45, 2.75) is 102 Å². The Morgan fingerprint density at radius 3 is 1.98 bits per heavy atom. The molecule has 4 aliphatic rings. The summed E-state index contributed by atoms with van der Waals surface area (Å²) in [4.78, 5) is 36.8. The van der Waals surface area contributed by atoms with Crippen molar-refractivity contribution >= 4 is 49.3 Å². The van der Waals surface area contributed by atoms with Gasteiger partial charge in [0, 0.05) is 17.8 Å². The van der Waals surface area contributed by atoms with Crippen molar-refractivity contribution < 1.29 is 62.7 Å². The molecule has 0 bridgehead atoms. The van der Waals surface area contributed by atoms with Crippen LogP contribution in [0, 0.1) is 5.92 Å². The molecule has 4 aliphatic carbocycles. The van der Waals surface area contributed by atoms with Gasteiger partial charge in [-0.25, -0.2) is 26.4 Å². The first-order chi connectivity index (χ1) is 27.1. The number of alkyl halides is 6. The van der Waals surface area contributed by atoms with E-state index in [-0.39, 0.29) is 18.3 Å². The number of amides is 4. The number of aliphatic hydroxyl groups excluding tert-OH is 1. The van der Waals surface area contributed by atoms with Crippen LogP contribution in [0.1, 0.15) is 82.5 Å². The highest BCUT2D eigenvalue weighted by molar-refractivity contribution is 7.90. The van der Waals surface area contributed by atoms with Crippen molar-refractivity contribution in [2.75, 3.05) is 35.2 Å². The van der Waals surface area contributed by atoms with Crippen molar-refractivity contribution in [3.8, 4) is 0 Å². The van der Waals surface area contributed by atoms with Crippen LogP contribution < -0.4 is 30.7 Å². The molecule has 58 heavy (non-hydrogen) atoms. The van der Waals surface area contributed by atoms with E-state index in [1.165, 1.54) is 5.32 Å². The number of halogens is 6. The average Bonchev–Trinajstić information content (AvgIpc) is 3.91. The maximum atomic E-state index is 13.2. The summed E-state index contributed by atoms with van der Waals surface area (Å²) in [6.45, 7) is -3.26. The Balaban J connectivity index is 1.16. The minimum absolute atomic E-state index is 0.0132. The SMILES string of the molecule is O=C(CCCS(=O)(=O)NC(=O)Nc1c2c(cc3c1CC(C1CCc4cc5c(c(NC(O)NS(=O)(=O)CC(=O)NCC(F)(F)F)c41)CCC5)C3)CCC2)NCC(F)(F)F. The van der Waals surface area contributed by atoms with Gasteiger partial charge in [-0.2, -0.15) is 31.1 Å². The number of anilines is 2. The molecule has 2 aromatic rings. The lowest BCUT2D eigenvalue weighted by Crippen LogP contribution is -2.45. The van der Waals surface area contributed by atoms with Crippen LogP contribution in [0.25, 0.3) is 0 Å². The van der Waals surface area contributed by atoms with Crippen LogP contribution in [-0.4, -0.2) is 83.1 Å². The third-order valence-electron chi connectivity index (χ3n) is 10.9. The molecule has 4 amide bonds. The lowest BCUT2D eigenvalue weighted by atomic mass is 9.83. The minimum atomic E-state index is -4.74. The van der Waals surface area contributed by atoms with E-state index in [0.717, 1.165) is 76.6 Å². The molecule has 14 nitrogen and oxygen atoms in total. The van der Waals surface area contributed by atoms with Gasteiger partial charge in [-0.3, -0.25) is 9.59 Å². The van der Waals surface area contributed by atoms with Crippen LogP contribution >= 0.6 is 0 Å². The fourth-order valence-electron chi connectivity index (χ4n) is 8.71. The number of urea groups is 1. The number of hydrogen-bond donors (Lipinski definition) is 7. The topological polar surface area (TPSA) is 212 Å². The smallest absolute Gasteiger partial charge is 0.360 e. The molecule has 7 N–H and O–H groups in total. The lowest BCUT2D eigenvalue weighted by molar-refractivity contribution is -0.138. The van der Waals surface area contributed by atoms with Gasteiger partial charge in [0.25, 0.3) is 0 Å². The van der Waals surface area contributed by atoms with Crippen LogP contribution in [0.5, 0.6) is 0 Å². The molecule has 0 spiro atoms. The molecule has 3 unspecified atom stereocenters. The molecule has 2 aromatic carbocycles. The predicted octanol–water partition coefficient (Wildman–Crippen LogP) is 3.30. The van der Waals surface area contributed by atoms with Gasteiger partial charge in [0.15, 0.2) is 6.35 Å². The second kappa shape index (κ2) is 16.8. The molecular weight excluding hydrogens is 823 g/mol. The van der Waals surface area contributed by atoms with E-state index >= 15 is 0 Å². The second-order valence-corrected chi connectivity index (χ2v) is 18.8. The quantitative estimate of drug-likeness (QED) is 0.103. The summed E-state index contributed by atoms with van der Waals surface area (Å²) < 4.78 is 129. The highest BCUT2D eigenvalue weighted by Crippen LogP contribution is 2.51. The number of aliphatic hydroxyl groups is 1. The van der Waals surface area contributed by atoms with Crippen LogP contribution in [-0.2, 0) is 74.6 Å². The zero-order chi connectivity index (χ0) is 42.2. The summed E-state index contributed by atoms with van der Waals surface area (Å²) in [5.74, 6) is -4.50. The first-order valence-corrected chi connectivity index (χ1v) is 22.1. The Hall–Kier alpha value is -4.15. The molecule has 0 aliphatic heterocycles. The van der Waals surface area contributed by atoms with Crippen LogP contribution in [0.15, 0.2) is 12.1 Å². The van der Waals surface area contributed by atoms with Gasteiger partial charge in [-0.1, -0.05) is 12.1 Å². The minimum Gasteiger partial charge on any atom is -0.360 e. The number of carbonyl (C=O) groups excluding carboxylic acids is 3. The van der Waals surface area contributed by atoms with Gasteiger partial charge in [0.05, 0.1) is 5.75 Å². The van der Waals surface area contributed by atoms with E-state index in [4.69, 9.17) is 0 Å². The molecule has 0 heterocycles. The summed E-state index contributed by atoms with van der Waals surface area (Å²) in [6, 6.07) is 3.23. The first kappa shape index (κ1) is 43.4.